The van der Waals surface area contributed by atoms with Crippen LogP contribution in [0.3, 0.4) is 0 Å². The van der Waals surface area contributed by atoms with E-state index in [-0.39, 0.29) is 11.6 Å². The van der Waals surface area contributed by atoms with E-state index in [1.807, 2.05) is 0 Å². The van der Waals surface area contributed by atoms with Gasteiger partial charge >= 0.3 is 0 Å². The molecular weight excluding hydrogens is 253 g/mol. The van der Waals surface area contributed by atoms with Crippen LogP contribution in [-0.2, 0) is 11.3 Å². The standard InChI is InChI=1S/C9H11BrFNO2/c1-13-9-6(4-5-14-12)7(10)2-3-8(9)11/h2-3H,4-5,12H2,1H3. The van der Waals surface area contributed by atoms with Gasteiger partial charge in [-0.25, -0.2) is 10.3 Å². The highest BCUT2D eigenvalue weighted by molar-refractivity contribution is 9.10. The number of methoxy groups -OCH3 is 1. The molecular formula is C9H11BrFNO2. The van der Waals surface area contributed by atoms with Gasteiger partial charge in [-0.3, -0.25) is 0 Å². The van der Waals surface area contributed by atoms with Gasteiger partial charge in [0.1, 0.15) is 0 Å². The average molecular weight is 264 g/mol. The number of hydrogen-bond acceptors (Lipinski definition) is 3. The summed E-state index contributed by atoms with van der Waals surface area (Å²) in [6.07, 6.45) is 0.498. The lowest BCUT2D eigenvalue weighted by atomic mass is 10.1. The van der Waals surface area contributed by atoms with Crippen LogP contribution >= 0.6 is 15.9 Å². The van der Waals surface area contributed by atoms with Gasteiger partial charge in [0, 0.05) is 16.5 Å². The summed E-state index contributed by atoms with van der Waals surface area (Å²) in [6.45, 7) is 0.318. The van der Waals surface area contributed by atoms with Crippen LogP contribution in [0.5, 0.6) is 5.75 Å². The summed E-state index contributed by atoms with van der Waals surface area (Å²) >= 11 is 3.31. The van der Waals surface area contributed by atoms with Crippen LogP contribution in [-0.4, -0.2) is 13.7 Å². The summed E-state index contributed by atoms with van der Waals surface area (Å²) in [5.74, 6) is 4.75. The Labute approximate surface area is 90.1 Å². The first-order valence-electron chi connectivity index (χ1n) is 4.03. The van der Waals surface area contributed by atoms with E-state index in [0.717, 1.165) is 10.0 Å². The molecule has 3 nitrogen and oxygen atoms in total. The summed E-state index contributed by atoms with van der Waals surface area (Å²) in [6, 6.07) is 2.97. The Bertz CT molecular complexity index is 320. The SMILES string of the molecule is COc1c(F)ccc(Br)c1CCON. The second-order valence-electron chi connectivity index (χ2n) is 2.66. The van der Waals surface area contributed by atoms with Gasteiger partial charge in [-0.15, -0.1) is 0 Å². The lowest BCUT2D eigenvalue weighted by Crippen LogP contribution is -2.06. The maximum Gasteiger partial charge on any atom is 0.165 e. The van der Waals surface area contributed by atoms with E-state index in [4.69, 9.17) is 10.6 Å². The molecule has 5 heteroatoms. The molecule has 0 heterocycles. The van der Waals surface area contributed by atoms with Gasteiger partial charge in [-0.2, -0.15) is 0 Å². The Morgan fingerprint density at radius 1 is 1.50 bits per heavy atom. The first kappa shape index (κ1) is 11.4. The molecule has 0 bridgehead atoms. The molecule has 0 amide bonds. The number of benzene rings is 1. The fourth-order valence-electron chi connectivity index (χ4n) is 1.19. The third-order valence-corrected chi connectivity index (χ3v) is 2.57. The van der Waals surface area contributed by atoms with Gasteiger partial charge in [0.05, 0.1) is 13.7 Å². The van der Waals surface area contributed by atoms with Gasteiger partial charge in [0.2, 0.25) is 0 Å². The van der Waals surface area contributed by atoms with E-state index in [1.165, 1.54) is 13.2 Å². The minimum atomic E-state index is -0.386. The monoisotopic (exact) mass is 263 g/mol. The molecule has 1 aromatic carbocycles. The number of rotatable bonds is 4. The van der Waals surface area contributed by atoms with Gasteiger partial charge in [-0.05, 0) is 12.1 Å². The highest BCUT2D eigenvalue weighted by atomic mass is 79.9. The Morgan fingerprint density at radius 2 is 2.21 bits per heavy atom. The molecule has 0 aliphatic carbocycles. The van der Waals surface area contributed by atoms with Crippen molar-refractivity contribution in [2.45, 2.75) is 6.42 Å². The van der Waals surface area contributed by atoms with E-state index >= 15 is 0 Å². The average Bonchev–Trinajstić information content (AvgIpc) is 2.19. The van der Waals surface area contributed by atoms with E-state index < -0.39 is 0 Å². The smallest absolute Gasteiger partial charge is 0.165 e. The molecule has 1 rings (SSSR count). The molecule has 0 radical (unpaired) electrons. The van der Waals surface area contributed by atoms with Crippen molar-refractivity contribution >= 4 is 15.9 Å². The van der Waals surface area contributed by atoms with Crippen molar-refractivity contribution in [3.8, 4) is 5.75 Å². The second kappa shape index (κ2) is 5.29. The molecule has 0 unspecified atom stereocenters. The first-order chi connectivity index (χ1) is 6.70. The molecule has 14 heavy (non-hydrogen) atoms. The zero-order chi connectivity index (χ0) is 10.6. The number of hydrogen-bond donors (Lipinski definition) is 1. The molecule has 0 saturated carbocycles. The highest BCUT2D eigenvalue weighted by Crippen LogP contribution is 2.29. The first-order valence-corrected chi connectivity index (χ1v) is 4.82. The van der Waals surface area contributed by atoms with Crippen LogP contribution < -0.4 is 10.6 Å². The molecule has 0 saturated heterocycles. The van der Waals surface area contributed by atoms with Crippen molar-refractivity contribution in [2.24, 2.45) is 5.90 Å². The van der Waals surface area contributed by atoms with Crippen molar-refractivity contribution in [2.75, 3.05) is 13.7 Å². The third-order valence-electron chi connectivity index (χ3n) is 1.83. The van der Waals surface area contributed by atoms with Crippen LogP contribution in [0.4, 0.5) is 4.39 Å². The molecule has 0 fully saturated rings. The highest BCUT2D eigenvalue weighted by Gasteiger charge is 2.12. The van der Waals surface area contributed by atoms with E-state index in [0.29, 0.717) is 13.0 Å². The van der Waals surface area contributed by atoms with Gasteiger partial charge in [0.15, 0.2) is 11.6 Å². The number of ether oxygens (including phenoxy) is 1. The maximum atomic E-state index is 13.2. The lowest BCUT2D eigenvalue weighted by Gasteiger charge is -2.10. The van der Waals surface area contributed by atoms with Crippen molar-refractivity contribution < 1.29 is 14.0 Å². The summed E-state index contributed by atoms with van der Waals surface area (Å²) in [5, 5.41) is 0. The molecule has 0 aliphatic rings. The quantitative estimate of drug-likeness (QED) is 0.846. The van der Waals surface area contributed by atoms with Crippen molar-refractivity contribution in [1.82, 2.24) is 0 Å². The number of nitrogens with two attached hydrogens (primary N) is 1. The van der Waals surface area contributed by atoms with Gasteiger partial charge in [0.25, 0.3) is 0 Å². The Kier molecular flexibility index (Phi) is 4.31. The predicted octanol–water partition coefficient (Wildman–Crippen LogP) is 2.03. The van der Waals surface area contributed by atoms with Crippen molar-refractivity contribution in [1.29, 1.82) is 0 Å². The molecule has 0 aliphatic heterocycles. The Balaban J connectivity index is 3.03. The largest absolute Gasteiger partial charge is 0.493 e. The summed E-state index contributed by atoms with van der Waals surface area (Å²) < 4.78 is 19.0. The van der Waals surface area contributed by atoms with E-state index in [1.54, 1.807) is 6.07 Å². The summed E-state index contributed by atoms with van der Waals surface area (Å²) in [7, 11) is 1.43. The predicted molar refractivity (Wildman–Crippen MR) is 54.5 cm³/mol. The van der Waals surface area contributed by atoms with Gasteiger partial charge in [-0.1, -0.05) is 15.9 Å². The Hall–Kier alpha value is -0.650. The zero-order valence-electron chi connectivity index (χ0n) is 7.72. The Morgan fingerprint density at radius 3 is 2.79 bits per heavy atom. The second-order valence-corrected chi connectivity index (χ2v) is 3.52. The minimum Gasteiger partial charge on any atom is -0.493 e. The fourth-order valence-corrected chi connectivity index (χ4v) is 1.70. The van der Waals surface area contributed by atoms with Crippen LogP contribution in [0.25, 0.3) is 0 Å². The maximum absolute atomic E-state index is 13.2. The van der Waals surface area contributed by atoms with Crippen LogP contribution in [0.1, 0.15) is 5.56 Å². The van der Waals surface area contributed by atoms with Crippen LogP contribution in [0.15, 0.2) is 16.6 Å². The molecule has 1 aromatic rings. The molecule has 0 spiro atoms. The van der Waals surface area contributed by atoms with Crippen LogP contribution in [0, 0.1) is 5.82 Å². The van der Waals surface area contributed by atoms with Crippen molar-refractivity contribution in [3.63, 3.8) is 0 Å². The van der Waals surface area contributed by atoms with Gasteiger partial charge < -0.3 is 9.57 Å². The lowest BCUT2D eigenvalue weighted by molar-refractivity contribution is 0.140. The molecule has 0 aromatic heterocycles. The minimum absolute atomic E-state index is 0.233. The molecule has 0 atom stereocenters. The fraction of sp³-hybridized carbons (Fsp3) is 0.333. The van der Waals surface area contributed by atoms with E-state index in [2.05, 4.69) is 20.8 Å². The van der Waals surface area contributed by atoms with Crippen molar-refractivity contribution in [3.05, 3.63) is 28.0 Å². The third kappa shape index (κ3) is 2.43. The number of halogens is 2. The van der Waals surface area contributed by atoms with Crippen LogP contribution in [0.2, 0.25) is 0 Å². The van der Waals surface area contributed by atoms with E-state index in [9.17, 15) is 4.39 Å². The zero-order valence-corrected chi connectivity index (χ0v) is 9.30. The topological polar surface area (TPSA) is 44.5 Å². The molecule has 78 valence electrons. The summed E-state index contributed by atoms with van der Waals surface area (Å²) in [5.41, 5.74) is 0.720. The normalized spacial score (nSPS) is 10.3. The molecule has 2 N–H and O–H groups in total. The summed E-state index contributed by atoms with van der Waals surface area (Å²) in [4.78, 5) is 4.44.